The molecule has 1 aliphatic heterocycles. The molecule has 1 atom stereocenters. The number of β-amino-alcohol motifs (C(OH)–C–C–N with tert-alkyl or cyclic N) is 1. The van der Waals surface area contributed by atoms with E-state index in [-0.39, 0.29) is 5.91 Å². The number of likely N-dealkylation sites (tertiary alicyclic amines) is 1. The molecule has 1 aromatic carbocycles. The third kappa shape index (κ3) is 2.70. The number of carbonyl (C=O) groups excluding carboxylic acids is 1. The second-order valence-electron chi connectivity index (χ2n) is 4.28. The number of rotatable bonds is 1. The fourth-order valence-electron chi connectivity index (χ4n) is 2.00. The fraction of sp³-hybridized carbons (Fsp3) is 0.417. The number of benzene rings is 1. The van der Waals surface area contributed by atoms with E-state index in [2.05, 4.69) is 0 Å². The Morgan fingerprint density at radius 2 is 2.29 bits per heavy atom. The Morgan fingerprint density at radius 1 is 1.53 bits per heavy atom. The molecule has 1 aromatic rings. The van der Waals surface area contributed by atoms with Crippen molar-refractivity contribution < 1.29 is 9.90 Å². The zero-order chi connectivity index (χ0) is 12.4. The largest absolute Gasteiger partial charge is 0.398 e. The molecule has 0 bridgehead atoms. The number of hydrogen-bond donors (Lipinski definition) is 2. The molecule has 0 radical (unpaired) electrons. The van der Waals surface area contributed by atoms with Crippen LogP contribution in [0.15, 0.2) is 18.2 Å². The molecule has 0 saturated carbocycles. The summed E-state index contributed by atoms with van der Waals surface area (Å²) in [7, 11) is 0. The quantitative estimate of drug-likeness (QED) is 0.747. The van der Waals surface area contributed by atoms with E-state index < -0.39 is 6.10 Å². The Labute approximate surface area is 105 Å². The number of nitrogens with zero attached hydrogens (tertiary/aromatic N) is 1. The molecule has 0 aliphatic carbocycles. The van der Waals surface area contributed by atoms with Crippen molar-refractivity contribution in [2.24, 2.45) is 0 Å². The van der Waals surface area contributed by atoms with E-state index in [0.29, 0.717) is 29.4 Å². The number of amides is 1. The lowest BCUT2D eigenvalue weighted by Crippen LogP contribution is -2.42. The van der Waals surface area contributed by atoms with E-state index in [9.17, 15) is 9.90 Å². The summed E-state index contributed by atoms with van der Waals surface area (Å²) in [4.78, 5) is 13.8. The van der Waals surface area contributed by atoms with Crippen LogP contribution in [0, 0.1) is 0 Å². The number of piperidine rings is 1. The third-order valence-electron chi connectivity index (χ3n) is 2.93. The van der Waals surface area contributed by atoms with Gasteiger partial charge >= 0.3 is 0 Å². The van der Waals surface area contributed by atoms with Crippen LogP contribution >= 0.6 is 11.6 Å². The van der Waals surface area contributed by atoms with E-state index in [1.807, 2.05) is 0 Å². The average Bonchev–Trinajstić information content (AvgIpc) is 2.32. The van der Waals surface area contributed by atoms with Crippen molar-refractivity contribution in [1.82, 2.24) is 4.90 Å². The lowest BCUT2D eigenvalue weighted by Gasteiger charge is -2.30. The molecular formula is C12H15ClN2O2. The Balaban J connectivity index is 2.15. The molecule has 1 saturated heterocycles. The number of anilines is 1. The van der Waals surface area contributed by atoms with Crippen LogP contribution in [0.25, 0.3) is 0 Å². The van der Waals surface area contributed by atoms with Crippen molar-refractivity contribution in [2.45, 2.75) is 18.9 Å². The topological polar surface area (TPSA) is 66.6 Å². The smallest absolute Gasteiger partial charge is 0.254 e. The maximum absolute atomic E-state index is 12.1. The first-order valence-electron chi connectivity index (χ1n) is 5.60. The summed E-state index contributed by atoms with van der Waals surface area (Å²) in [5.41, 5.74) is 6.58. The molecule has 1 heterocycles. The number of halogens is 1. The molecular weight excluding hydrogens is 240 g/mol. The van der Waals surface area contributed by atoms with Crippen LogP contribution in [0.2, 0.25) is 5.02 Å². The first-order chi connectivity index (χ1) is 8.08. The van der Waals surface area contributed by atoms with Gasteiger partial charge in [-0.25, -0.2) is 0 Å². The van der Waals surface area contributed by atoms with Gasteiger partial charge in [-0.3, -0.25) is 4.79 Å². The van der Waals surface area contributed by atoms with Gasteiger partial charge in [-0.1, -0.05) is 11.6 Å². The van der Waals surface area contributed by atoms with Gasteiger partial charge < -0.3 is 15.7 Å². The molecule has 1 aliphatic rings. The van der Waals surface area contributed by atoms with E-state index in [0.717, 1.165) is 12.8 Å². The molecule has 1 amide bonds. The van der Waals surface area contributed by atoms with Gasteiger partial charge in [0.05, 0.1) is 16.8 Å². The summed E-state index contributed by atoms with van der Waals surface area (Å²) in [5, 5.41) is 9.98. The van der Waals surface area contributed by atoms with Gasteiger partial charge in [0.1, 0.15) is 0 Å². The van der Waals surface area contributed by atoms with Crippen LogP contribution in [-0.4, -0.2) is 35.1 Å². The molecule has 0 spiro atoms. The van der Waals surface area contributed by atoms with Gasteiger partial charge in [-0.05, 0) is 31.0 Å². The highest BCUT2D eigenvalue weighted by Gasteiger charge is 2.23. The minimum Gasteiger partial charge on any atom is -0.398 e. The number of aliphatic hydroxyl groups is 1. The Morgan fingerprint density at radius 3 is 2.94 bits per heavy atom. The van der Waals surface area contributed by atoms with Crippen molar-refractivity contribution in [3.8, 4) is 0 Å². The van der Waals surface area contributed by atoms with Crippen LogP contribution in [0.3, 0.4) is 0 Å². The zero-order valence-corrected chi connectivity index (χ0v) is 10.2. The molecule has 4 nitrogen and oxygen atoms in total. The van der Waals surface area contributed by atoms with Gasteiger partial charge in [0.25, 0.3) is 5.91 Å². The standard InChI is InChI=1S/C12H15ClN2O2/c13-10-4-3-8(6-11(10)14)12(17)15-5-1-2-9(16)7-15/h3-4,6,9,16H,1-2,5,7,14H2/t9-/m0/s1. The number of nitrogen functional groups attached to an aromatic ring is 1. The van der Waals surface area contributed by atoms with Crippen molar-refractivity contribution in [3.63, 3.8) is 0 Å². The van der Waals surface area contributed by atoms with Gasteiger partial charge in [0.2, 0.25) is 0 Å². The summed E-state index contributed by atoms with van der Waals surface area (Å²) in [6.45, 7) is 1.07. The number of aliphatic hydroxyl groups excluding tert-OH is 1. The van der Waals surface area contributed by atoms with E-state index in [4.69, 9.17) is 17.3 Å². The predicted molar refractivity (Wildman–Crippen MR) is 67.0 cm³/mol. The average molecular weight is 255 g/mol. The van der Waals surface area contributed by atoms with E-state index in [1.165, 1.54) is 0 Å². The van der Waals surface area contributed by atoms with Crippen molar-refractivity contribution in [1.29, 1.82) is 0 Å². The van der Waals surface area contributed by atoms with Gasteiger partial charge in [-0.2, -0.15) is 0 Å². The van der Waals surface area contributed by atoms with Gasteiger partial charge in [0.15, 0.2) is 0 Å². The Bertz CT molecular complexity index is 437. The van der Waals surface area contributed by atoms with Crippen LogP contribution in [-0.2, 0) is 0 Å². The highest BCUT2D eigenvalue weighted by molar-refractivity contribution is 6.33. The van der Waals surface area contributed by atoms with Gasteiger partial charge in [-0.15, -0.1) is 0 Å². The van der Waals surface area contributed by atoms with Crippen molar-refractivity contribution in [3.05, 3.63) is 28.8 Å². The lowest BCUT2D eigenvalue weighted by molar-refractivity contribution is 0.0474. The summed E-state index contributed by atoms with van der Waals surface area (Å²) in [5.74, 6) is -0.105. The highest BCUT2D eigenvalue weighted by Crippen LogP contribution is 2.21. The summed E-state index contributed by atoms with van der Waals surface area (Å²) in [6, 6.07) is 4.85. The maximum atomic E-state index is 12.1. The number of nitrogens with two attached hydrogens (primary N) is 1. The van der Waals surface area contributed by atoms with E-state index in [1.54, 1.807) is 23.1 Å². The summed E-state index contributed by atoms with van der Waals surface area (Å²) < 4.78 is 0. The molecule has 0 unspecified atom stereocenters. The van der Waals surface area contributed by atoms with Crippen LogP contribution < -0.4 is 5.73 Å². The van der Waals surface area contributed by atoms with E-state index >= 15 is 0 Å². The van der Waals surface area contributed by atoms with Crippen molar-refractivity contribution in [2.75, 3.05) is 18.8 Å². The Hall–Kier alpha value is -1.26. The molecule has 1 fully saturated rings. The molecule has 5 heteroatoms. The molecule has 0 aromatic heterocycles. The minimum atomic E-state index is -0.419. The monoisotopic (exact) mass is 254 g/mol. The number of hydrogen-bond acceptors (Lipinski definition) is 3. The zero-order valence-electron chi connectivity index (χ0n) is 9.40. The molecule has 3 N–H and O–H groups in total. The third-order valence-corrected chi connectivity index (χ3v) is 3.27. The molecule has 2 rings (SSSR count). The van der Waals surface area contributed by atoms with Crippen LogP contribution in [0.4, 0.5) is 5.69 Å². The normalized spacial score (nSPS) is 20.4. The second kappa shape index (κ2) is 4.94. The lowest BCUT2D eigenvalue weighted by atomic mass is 10.1. The van der Waals surface area contributed by atoms with Crippen LogP contribution in [0.1, 0.15) is 23.2 Å². The van der Waals surface area contributed by atoms with Crippen LogP contribution in [0.5, 0.6) is 0 Å². The predicted octanol–water partition coefficient (Wildman–Crippen LogP) is 1.52. The summed E-state index contributed by atoms with van der Waals surface area (Å²) >= 11 is 5.80. The fourth-order valence-corrected chi connectivity index (χ4v) is 2.12. The SMILES string of the molecule is Nc1cc(C(=O)N2CCC[C@H](O)C2)ccc1Cl. The first-order valence-corrected chi connectivity index (χ1v) is 5.98. The highest BCUT2D eigenvalue weighted by atomic mass is 35.5. The molecule has 92 valence electrons. The second-order valence-corrected chi connectivity index (χ2v) is 4.69. The molecule has 17 heavy (non-hydrogen) atoms. The maximum Gasteiger partial charge on any atom is 0.254 e. The minimum absolute atomic E-state index is 0.105. The number of carbonyl (C=O) groups is 1. The van der Waals surface area contributed by atoms with Crippen molar-refractivity contribution >= 4 is 23.2 Å². The first kappa shape index (κ1) is 12.2. The van der Waals surface area contributed by atoms with Gasteiger partial charge in [0, 0.05) is 18.7 Å². The summed E-state index contributed by atoms with van der Waals surface area (Å²) in [6.07, 6.45) is 1.17. The Kier molecular flexibility index (Phi) is 3.54.